The number of ether oxygens (including phenoxy) is 5. The van der Waals surface area contributed by atoms with Gasteiger partial charge in [-0.05, 0) is 55.3 Å². The number of nitrogens with zero attached hydrogens (tertiary/aromatic N) is 2. The molecule has 0 radical (unpaired) electrons. The molecule has 2 amide bonds. The van der Waals surface area contributed by atoms with Crippen LogP contribution in [0.3, 0.4) is 0 Å². The fraction of sp³-hybridized carbons (Fsp3) is 0.333. The van der Waals surface area contributed by atoms with Gasteiger partial charge >= 0.3 is 12.0 Å². The summed E-state index contributed by atoms with van der Waals surface area (Å²) in [6.45, 7) is 3.47. The molecule has 0 aliphatic carbocycles. The maximum absolute atomic E-state index is 12.4. The second kappa shape index (κ2) is 14.3. The highest BCUT2D eigenvalue weighted by atomic mass is 16.5. The van der Waals surface area contributed by atoms with Crippen molar-refractivity contribution in [1.82, 2.24) is 16.1 Å². The van der Waals surface area contributed by atoms with Crippen LogP contribution < -0.4 is 35.0 Å². The molecule has 0 spiro atoms. The molecule has 1 heterocycles. The SMILES string of the molecule is CCOc1cc([C@H]2NC(=O)NC(C)=C2C(=O)OC)ccc1OC[C@H](O)N/N=C\c1ccc(OCC#N)c(OC)c1. The minimum absolute atomic E-state index is 0.106. The van der Waals surface area contributed by atoms with E-state index in [1.165, 1.54) is 20.4 Å². The summed E-state index contributed by atoms with van der Waals surface area (Å²) < 4.78 is 26.9. The number of aliphatic hydroxyl groups excluding tert-OH is 1. The van der Waals surface area contributed by atoms with E-state index in [9.17, 15) is 14.7 Å². The zero-order chi connectivity index (χ0) is 29.1. The van der Waals surface area contributed by atoms with Crippen molar-refractivity contribution >= 4 is 18.2 Å². The van der Waals surface area contributed by atoms with E-state index >= 15 is 0 Å². The largest absolute Gasteiger partial charge is 0.493 e. The Morgan fingerprint density at radius 1 is 1.15 bits per heavy atom. The molecule has 212 valence electrons. The van der Waals surface area contributed by atoms with E-state index in [1.54, 1.807) is 50.2 Å². The predicted octanol–water partition coefficient (Wildman–Crippen LogP) is 2.12. The van der Waals surface area contributed by atoms with Crippen molar-refractivity contribution in [3.63, 3.8) is 0 Å². The van der Waals surface area contributed by atoms with Crippen LogP contribution >= 0.6 is 0 Å². The molecule has 0 saturated carbocycles. The van der Waals surface area contributed by atoms with Crippen LogP contribution in [0, 0.1) is 11.3 Å². The molecule has 3 rings (SSSR count). The van der Waals surface area contributed by atoms with Gasteiger partial charge in [-0.25, -0.2) is 9.59 Å². The number of carbonyl (C=O) groups is 2. The van der Waals surface area contributed by atoms with Crippen molar-refractivity contribution < 1.29 is 38.4 Å². The summed E-state index contributed by atoms with van der Waals surface area (Å²) in [5, 5.41) is 28.3. The average Bonchev–Trinajstić information content (AvgIpc) is 2.95. The number of hydrogen-bond acceptors (Lipinski definition) is 11. The quantitative estimate of drug-likeness (QED) is 0.125. The second-order valence-electron chi connectivity index (χ2n) is 8.27. The number of aliphatic hydroxyl groups is 1. The van der Waals surface area contributed by atoms with Crippen molar-refractivity contribution in [2.75, 3.05) is 34.0 Å². The van der Waals surface area contributed by atoms with E-state index in [0.29, 0.717) is 46.4 Å². The molecule has 0 fully saturated rings. The molecular formula is C27H31N5O8. The van der Waals surface area contributed by atoms with E-state index in [-0.39, 0.29) is 18.8 Å². The summed E-state index contributed by atoms with van der Waals surface area (Å²) in [6, 6.07) is 10.7. The fourth-order valence-corrected chi connectivity index (χ4v) is 3.81. The maximum Gasteiger partial charge on any atom is 0.337 e. The molecule has 13 heteroatoms. The number of nitriles is 1. The molecule has 2 atom stereocenters. The Morgan fingerprint density at radius 2 is 1.90 bits per heavy atom. The molecule has 1 aliphatic heterocycles. The lowest BCUT2D eigenvalue weighted by Gasteiger charge is -2.28. The minimum atomic E-state index is -1.16. The first-order valence-electron chi connectivity index (χ1n) is 12.2. The van der Waals surface area contributed by atoms with Gasteiger partial charge in [0.05, 0.1) is 38.7 Å². The number of rotatable bonds is 13. The number of amides is 2. The van der Waals surface area contributed by atoms with Crippen LogP contribution in [-0.2, 0) is 9.53 Å². The topological polar surface area (TPSA) is 173 Å². The van der Waals surface area contributed by atoms with Gasteiger partial charge in [0.1, 0.15) is 12.7 Å². The number of carbonyl (C=O) groups excluding carboxylic acids is 2. The Labute approximate surface area is 231 Å². The van der Waals surface area contributed by atoms with Crippen LogP contribution in [-0.4, -0.2) is 63.6 Å². The zero-order valence-corrected chi connectivity index (χ0v) is 22.5. The van der Waals surface area contributed by atoms with Gasteiger partial charge in [0.15, 0.2) is 35.8 Å². The van der Waals surface area contributed by atoms with Crippen LogP contribution in [0.2, 0.25) is 0 Å². The van der Waals surface area contributed by atoms with Crippen molar-refractivity contribution in [2.45, 2.75) is 26.1 Å². The Kier molecular flexibility index (Phi) is 10.6. The fourth-order valence-electron chi connectivity index (χ4n) is 3.81. The number of urea groups is 1. The minimum Gasteiger partial charge on any atom is -0.493 e. The Balaban J connectivity index is 1.67. The van der Waals surface area contributed by atoms with Crippen LogP contribution in [0.25, 0.3) is 0 Å². The van der Waals surface area contributed by atoms with Gasteiger partial charge in [-0.1, -0.05) is 6.07 Å². The average molecular weight is 554 g/mol. The molecule has 2 aromatic carbocycles. The van der Waals surface area contributed by atoms with Gasteiger partial charge in [0, 0.05) is 5.70 Å². The highest BCUT2D eigenvalue weighted by molar-refractivity contribution is 5.95. The van der Waals surface area contributed by atoms with E-state index in [0.717, 1.165) is 0 Å². The Bertz CT molecular complexity index is 1320. The first-order valence-corrected chi connectivity index (χ1v) is 12.2. The summed E-state index contributed by atoms with van der Waals surface area (Å²) >= 11 is 0. The van der Waals surface area contributed by atoms with E-state index in [2.05, 4.69) is 21.2 Å². The van der Waals surface area contributed by atoms with Crippen molar-refractivity contribution in [3.05, 3.63) is 58.8 Å². The van der Waals surface area contributed by atoms with E-state index in [1.807, 2.05) is 6.07 Å². The summed E-state index contributed by atoms with van der Waals surface area (Å²) in [7, 11) is 2.75. The third-order valence-corrected chi connectivity index (χ3v) is 5.59. The third-order valence-electron chi connectivity index (χ3n) is 5.59. The standard InChI is InChI=1S/C27H31N5O8/c1-5-38-22-13-18(25-24(26(34)37-4)16(2)30-27(35)31-25)7-9-20(22)40-15-23(33)32-29-14-17-6-8-19(39-11-10-28)21(12-17)36-3/h6-9,12-14,23,25,32-33H,5,11,15H2,1-4H3,(H2,30,31,35)/b29-14-/t23-,25+/m0/s1. The molecule has 0 unspecified atom stereocenters. The first kappa shape index (κ1) is 29.6. The third kappa shape index (κ3) is 7.55. The van der Waals surface area contributed by atoms with Gasteiger partial charge in [-0.2, -0.15) is 10.4 Å². The number of esters is 1. The van der Waals surface area contributed by atoms with Crippen LogP contribution in [0.15, 0.2) is 52.8 Å². The lowest BCUT2D eigenvalue weighted by Crippen LogP contribution is -2.45. The number of hydrazone groups is 1. The normalized spacial score (nSPS) is 15.4. The van der Waals surface area contributed by atoms with Crippen molar-refractivity contribution in [1.29, 1.82) is 5.26 Å². The zero-order valence-electron chi connectivity index (χ0n) is 22.5. The van der Waals surface area contributed by atoms with Crippen LogP contribution in [0.1, 0.15) is 31.0 Å². The number of nitrogens with one attached hydrogen (secondary N) is 3. The Hall–Kier alpha value is -4.96. The monoisotopic (exact) mass is 553 g/mol. The second-order valence-corrected chi connectivity index (χ2v) is 8.27. The number of allylic oxidation sites excluding steroid dienone is 1. The van der Waals surface area contributed by atoms with Crippen LogP contribution in [0.4, 0.5) is 4.79 Å². The molecule has 13 nitrogen and oxygen atoms in total. The van der Waals surface area contributed by atoms with Crippen LogP contribution in [0.5, 0.6) is 23.0 Å². The van der Waals surface area contributed by atoms with Gasteiger partial charge in [-0.15, -0.1) is 0 Å². The predicted molar refractivity (Wildman–Crippen MR) is 143 cm³/mol. The highest BCUT2D eigenvalue weighted by Gasteiger charge is 2.32. The van der Waals surface area contributed by atoms with E-state index < -0.39 is 24.3 Å². The molecule has 0 aromatic heterocycles. The summed E-state index contributed by atoms with van der Waals surface area (Å²) in [4.78, 5) is 24.5. The molecule has 1 aliphatic rings. The Morgan fingerprint density at radius 3 is 2.60 bits per heavy atom. The number of hydrogen-bond donors (Lipinski definition) is 4. The summed E-state index contributed by atoms with van der Waals surface area (Å²) in [5.41, 5.74) is 4.46. The van der Waals surface area contributed by atoms with Crippen molar-refractivity contribution in [2.24, 2.45) is 5.10 Å². The summed E-state index contributed by atoms with van der Waals surface area (Å²) in [5.74, 6) is 0.979. The van der Waals surface area contributed by atoms with E-state index in [4.69, 9.17) is 28.9 Å². The number of benzene rings is 2. The first-order chi connectivity index (χ1) is 19.3. The lowest BCUT2D eigenvalue weighted by atomic mass is 9.95. The smallest absolute Gasteiger partial charge is 0.337 e. The molecule has 0 bridgehead atoms. The van der Waals surface area contributed by atoms with Gasteiger partial charge < -0.3 is 39.4 Å². The lowest BCUT2D eigenvalue weighted by molar-refractivity contribution is -0.136. The summed E-state index contributed by atoms with van der Waals surface area (Å²) in [6.07, 6.45) is 0.313. The van der Waals surface area contributed by atoms with Crippen molar-refractivity contribution in [3.8, 4) is 29.1 Å². The molecule has 2 aromatic rings. The van der Waals surface area contributed by atoms with Gasteiger partial charge in [0.2, 0.25) is 0 Å². The van der Waals surface area contributed by atoms with Gasteiger partial charge in [0.25, 0.3) is 0 Å². The number of methoxy groups -OCH3 is 2. The molecule has 4 N–H and O–H groups in total. The molecular weight excluding hydrogens is 522 g/mol. The molecule has 0 saturated heterocycles. The van der Waals surface area contributed by atoms with Gasteiger partial charge in [-0.3, -0.25) is 5.43 Å². The highest BCUT2D eigenvalue weighted by Crippen LogP contribution is 2.35. The maximum atomic E-state index is 12.4. The molecule has 40 heavy (non-hydrogen) atoms.